The molecule has 5 N–H and O–H groups in total. The van der Waals surface area contributed by atoms with Gasteiger partial charge in [-0.1, -0.05) is 0 Å². The Bertz CT molecular complexity index is 183. The van der Waals surface area contributed by atoms with Gasteiger partial charge in [-0.3, -0.25) is 14.5 Å². The van der Waals surface area contributed by atoms with E-state index in [1.54, 1.807) is 19.0 Å². The average molecular weight is 208 g/mol. The van der Waals surface area contributed by atoms with Gasteiger partial charge in [-0.05, 0) is 14.1 Å². The van der Waals surface area contributed by atoms with Crippen LogP contribution in [0, 0.1) is 0 Å². The predicted octanol–water partition coefficient (Wildman–Crippen LogP) is -1.98. The number of nitrogens with zero attached hydrogens (tertiary/aromatic N) is 1. The highest BCUT2D eigenvalue weighted by Gasteiger charge is 2.06. The van der Waals surface area contributed by atoms with E-state index in [4.69, 9.17) is 21.1 Å². The fourth-order valence-corrected chi connectivity index (χ4v) is 0.349. The normalized spacial score (nSPS) is 11.5. The maximum absolute atomic E-state index is 9.77. The number of aliphatic carboxylic acids is 2. The smallest absolute Gasteiger partial charge is 0.322 e. The first-order chi connectivity index (χ1) is 6.31. The van der Waals surface area contributed by atoms with Crippen molar-refractivity contribution in [3.05, 3.63) is 0 Å². The minimum Gasteiger partial charge on any atom is -0.480 e. The second-order valence-corrected chi connectivity index (χ2v) is 2.76. The Morgan fingerprint density at radius 1 is 1.36 bits per heavy atom. The largest absolute Gasteiger partial charge is 0.480 e. The molecule has 0 saturated carbocycles. The van der Waals surface area contributed by atoms with Gasteiger partial charge in [-0.15, -0.1) is 0 Å². The van der Waals surface area contributed by atoms with Crippen LogP contribution in [0.1, 0.15) is 0 Å². The van der Waals surface area contributed by atoms with Crippen molar-refractivity contribution in [1.29, 1.82) is 0 Å². The topological polar surface area (TPSA) is 124 Å². The van der Waals surface area contributed by atoms with E-state index in [0.717, 1.165) is 0 Å². The van der Waals surface area contributed by atoms with Crippen LogP contribution in [0.25, 0.3) is 0 Å². The van der Waals surface area contributed by atoms with Crippen molar-refractivity contribution in [1.82, 2.24) is 4.90 Å². The lowest BCUT2D eigenvalue weighted by atomic mass is 10.3. The van der Waals surface area contributed by atoms with Crippen molar-refractivity contribution < 1.29 is 24.9 Å². The molecule has 0 rings (SSSR count). The van der Waals surface area contributed by atoms with Gasteiger partial charge in [0.25, 0.3) is 0 Å². The van der Waals surface area contributed by atoms with Crippen LogP contribution in [0.2, 0.25) is 0 Å². The van der Waals surface area contributed by atoms with Crippen LogP contribution in [-0.4, -0.2) is 65.4 Å². The van der Waals surface area contributed by atoms with Gasteiger partial charge in [-0.2, -0.15) is 0 Å². The number of aliphatic hydroxyl groups excluding tert-OH is 1. The molecular formula is C7H16N2O5. The molecule has 0 heterocycles. The lowest BCUT2D eigenvalue weighted by Gasteiger charge is -2.01. The van der Waals surface area contributed by atoms with E-state index in [1.807, 2.05) is 0 Å². The van der Waals surface area contributed by atoms with E-state index >= 15 is 0 Å². The number of nitrogens with two attached hydrogens (primary N) is 1. The molecule has 0 aliphatic rings. The quantitative estimate of drug-likeness (QED) is 0.422. The average Bonchev–Trinajstić information content (AvgIpc) is 2.01. The van der Waals surface area contributed by atoms with Gasteiger partial charge in [0, 0.05) is 0 Å². The van der Waals surface area contributed by atoms with Crippen LogP contribution < -0.4 is 5.73 Å². The number of hydrogen-bond acceptors (Lipinski definition) is 5. The van der Waals surface area contributed by atoms with Crippen LogP contribution in [0.15, 0.2) is 0 Å². The fraction of sp³-hybridized carbons (Fsp3) is 0.714. The van der Waals surface area contributed by atoms with Gasteiger partial charge < -0.3 is 21.1 Å². The molecule has 0 amide bonds. The zero-order valence-corrected chi connectivity index (χ0v) is 8.17. The molecule has 0 aromatic rings. The number of hydrogen-bond donors (Lipinski definition) is 4. The molecular weight excluding hydrogens is 192 g/mol. The molecule has 0 spiro atoms. The molecule has 0 unspecified atom stereocenters. The second kappa shape index (κ2) is 8.42. The summed E-state index contributed by atoms with van der Waals surface area (Å²) in [6.45, 7) is -0.394. The molecule has 0 bridgehead atoms. The van der Waals surface area contributed by atoms with Crippen LogP contribution in [0.5, 0.6) is 0 Å². The number of carboxylic acids is 2. The van der Waals surface area contributed by atoms with Gasteiger partial charge in [0.2, 0.25) is 0 Å². The molecule has 0 fully saturated rings. The van der Waals surface area contributed by atoms with E-state index in [0.29, 0.717) is 0 Å². The highest BCUT2D eigenvalue weighted by Crippen LogP contribution is 1.71. The minimum absolute atomic E-state index is 0.111. The lowest BCUT2D eigenvalue weighted by molar-refractivity contribution is -0.139. The Balaban J connectivity index is 0. The van der Waals surface area contributed by atoms with E-state index < -0.39 is 24.6 Å². The van der Waals surface area contributed by atoms with Crippen molar-refractivity contribution in [2.45, 2.75) is 6.04 Å². The first kappa shape index (κ1) is 15.3. The van der Waals surface area contributed by atoms with E-state index in [-0.39, 0.29) is 6.54 Å². The van der Waals surface area contributed by atoms with Gasteiger partial charge in [0.05, 0.1) is 13.2 Å². The van der Waals surface area contributed by atoms with Crippen molar-refractivity contribution in [2.24, 2.45) is 5.73 Å². The van der Waals surface area contributed by atoms with Gasteiger partial charge >= 0.3 is 11.9 Å². The first-order valence-electron chi connectivity index (χ1n) is 3.77. The molecule has 0 aliphatic carbocycles. The molecule has 0 aromatic heterocycles. The molecule has 0 radical (unpaired) electrons. The Morgan fingerprint density at radius 3 is 1.79 bits per heavy atom. The summed E-state index contributed by atoms with van der Waals surface area (Å²) in [4.78, 5) is 21.0. The second-order valence-electron chi connectivity index (χ2n) is 2.76. The third-order valence-corrected chi connectivity index (χ3v) is 0.965. The number of rotatable bonds is 4. The maximum Gasteiger partial charge on any atom is 0.322 e. The highest BCUT2D eigenvalue weighted by atomic mass is 16.4. The van der Waals surface area contributed by atoms with E-state index in [2.05, 4.69) is 0 Å². The van der Waals surface area contributed by atoms with Crippen molar-refractivity contribution in [3.63, 3.8) is 0 Å². The summed E-state index contributed by atoms with van der Waals surface area (Å²) in [5.74, 6) is -1.97. The SMILES string of the molecule is CN(C)CC(=O)O.N[C@@H](CO)C(=O)O. The molecule has 7 heteroatoms. The summed E-state index contributed by atoms with van der Waals surface area (Å²) in [6, 6.07) is -1.13. The fourth-order valence-electron chi connectivity index (χ4n) is 0.349. The van der Waals surface area contributed by atoms with Gasteiger partial charge in [0.15, 0.2) is 0 Å². The van der Waals surface area contributed by atoms with Gasteiger partial charge in [-0.25, -0.2) is 0 Å². The molecule has 14 heavy (non-hydrogen) atoms. The van der Waals surface area contributed by atoms with Gasteiger partial charge in [0.1, 0.15) is 6.04 Å². The summed E-state index contributed by atoms with van der Waals surface area (Å²) in [7, 11) is 3.43. The monoisotopic (exact) mass is 208 g/mol. The molecule has 0 saturated heterocycles. The standard InChI is InChI=1S/C4H9NO2.C3H7NO3/c1-5(2)3-4(6)7;4-2(1-5)3(6)7/h3H2,1-2H3,(H,6,7);2,5H,1,4H2,(H,6,7)/t;2-/m.0/s1. The minimum atomic E-state index is -1.18. The third kappa shape index (κ3) is 13.4. The summed E-state index contributed by atoms with van der Waals surface area (Å²) in [5, 5.41) is 23.9. The van der Waals surface area contributed by atoms with E-state index in [1.165, 1.54) is 0 Å². The molecule has 84 valence electrons. The number of carbonyl (C=O) groups is 2. The number of aliphatic hydroxyl groups is 1. The molecule has 7 nitrogen and oxygen atoms in total. The van der Waals surface area contributed by atoms with Crippen molar-refractivity contribution >= 4 is 11.9 Å². The number of likely N-dealkylation sites (N-methyl/N-ethyl adjacent to an activating group) is 1. The summed E-state index contributed by atoms with van der Waals surface area (Å²) in [6.07, 6.45) is 0. The molecule has 0 aromatic carbocycles. The van der Waals surface area contributed by atoms with Crippen molar-refractivity contribution in [3.8, 4) is 0 Å². The Morgan fingerprint density at radius 2 is 1.79 bits per heavy atom. The Hall–Kier alpha value is -1.18. The zero-order chi connectivity index (χ0) is 11.7. The van der Waals surface area contributed by atoms with E-state index in [9.17, 15) is 9.59 Å². The lowest BCUT2D eigenvalue weighted by Crippen LogP contribution is -2.33. The highest BCUT2D eigenvalue weighted by molar-refractivity contribution is 5.73. The summed E-state index contributed by atoms with van der Waals surface area (Å²) < 4.78 is 0. The Kier molecular flexibility index (Phi) is 9.20. The van der Waals surface area contributed by atoms with Crippen LogP contribution in [0.3, 0.4) is 0 Å². The summed E-state index contributed by atoms with van der Waals surface area (Å²) in [5.41, 5.74) is 4.77. The number of carboxylic acid groups (broad SMARTS) is 2. The maximum atomic E-state index is 9.77. The molecule has 1 atom stereocenters. The van der Waals surface area contributed by atoms with Crippen LogP contribution in [0.4, 0.5) is 0 Å². The van der Waals surface area contributed by atoms with Crippen LogP contribution >= 0.6 is 0 Å². The zero-order valence-electron chi connectivity index (χ0n) is 8.17. The first-order valence-corrected chi connectivity index (χ1v) is 3.77. The van der Waals surface area contributed by atoms with Crippen LogP contribution in [-0.2, 0) is 9.59 Å². The Labute approximate surface area is 81.7 Å². The summed E-state index contributed by atoms with van der Waals surface area (Å²) >= 11 is 0. The predicted molar refractivity (Wildman–Crippen MR) is 48.9 cm³/mol. The molecule has 0 aliphatic heterocycles. The third-order valence-electron chi connectivity index (χ3n) is 0.965. The van der Waals surface area contributed by atoms with Crippen molar-refractivity contribution in [2.75, 3.05) is 27.2 Å².